The number of carboxylic acid groups (broad SMARTS) is 1. The van der Waals surface area contributed by atoms with Crippen molar-refractivity contribution in [2.24, 2.45) is 5.92 Å². The Morgan fingerprint density at radius 2 is 2.00 bits per heavy atom. The fourth-order valence-corrected chi connectivity index (χ4v) is 2.24. The topological polar surface area (TPSA) is 69.6 Å². The van der Waals surface area contributed by atoms with E-state index in [-0.39, 0.29) is 11.6 Å². The van der Waals surface area contributed by atoms with Crippen molar-refractivity contribution in [1.29, 1.82) is 0 Å². The highest BCUT2D eigenvalue weighted by Crippen LogP contribution is 2.33. The van der Waals surface area contributed by atoms with Crippen LogP contribution in [-0.4, -0.2) is 35.1 Å². The molecule has 2 unspecified atom stereocenters. The number of aromatic carboxylic acids is 1. The van der Waals surface area contributed by atoms with E-state index < -0.39 is 5.97 Å². The molecule has 1 aliphatic carbocycles. The van der Waals surface area contributed by atoms with Crippen molar-refractivity contribution in [3.63, 3.8) is 0 Å². The quantitative estimate of drug-likeness (QED) is 0.867. The van der Waals surface area contributed by atoms with Crippen LogP contribution in [0.2, 0.25) is 0 Å². The van der Waals surface area contributed by atoms with Gasteiger partial charge in [0.25, 0.3) is 0 Å². The van der Waals surface area contributed by atoms with Gasteiger partial charge in [0.15, 0.2) is 0 Å². The first-order valence-electron chi connectivity index (χ1n) is 6.85. The van der Waals surface area contributed by atoms with Crippen molar-refractivity contribution in [3.05, 3.63) is 35.4 Å². The highest BCUT2D eigenvalue weighted by Gasteiger charge is 2.36. The summed E-state index contributed by atoms with van der Waals surface area (Å²) in [7, 11) is 1.74. The van der Waals surface area contributed by atoms with Gasteiger partial charge in [0.05, 0.1) is 5.56 Å². The Hall–Kier alpha value is -2.04. The highest BCUT2D eigenvalue weighted by molar-refractivity contribution is 5.87. The molecule has 5 heteroatoms. The molecule has 5 nitrogen and oxygen atoms in total. The zero-order valence-corrected chi connectivity index (χ0v) is 11.8. The second-order valence-electron chi connectivity index (χ2n) is 5.32. The van der Waals surface area contributed by atoms with E-state index in [0.717, 1.165) is 18.4 Å². The van der Waals surface area contributed by atoms with E-state index in [1.165, 1.54) is 0 Å². The van der Waals surface area contributed by atoms with Gasteiger partial charge < -0.3 is 15.3 Å². The van der Waals surface area contributed by atoms with Gasteiger partial charge >= 0.3 is 12.0 Å². The Bertz CT molecular complexity index is 498. The normalized spacial score (nSPS) is 20.3. The summed E-state index contributed by atoms with van der Waals surface area (Å²) in [5.74, 6) is -0.316. The van der Waals surface area contributed by atoms with Gasteiger partial charge in [-0.05, 0) is 30.0 Å². The predicted molar refractivity (Wildman–Crippen MR) is 75.6 cm³/mol. The fraction of sp³-hybridized carbons (Fsp3) is 0.467. The maximum atomic E-state index is 12.0. The average Bonchev–Trinajstić information content (AvgIpc) is 3.17. The van der Waals surface area contributed by atoms with Crippen LogP contribution in [0.25, 0.3) is 0 Å². The van der Waals surface area contributed by atoms with E-state index in [1.54, 1.807) is 36.2 Å². The largest absolute Gasteiger partial charge is 0.478 e. The van der Waals surface area contributed by atoms with Gasteiger partial charge in [-0.25, -0.2) is 9.59 Å². The number of carboxylic acids is 1. The standard InChI is InChI=1S/C15H20N2O3/c1-3-11-8-13(11)16-15(20)17(2)9-10-4-6-12(7-5-10)14(18)19/h4-7,11,13H,3,8-9H2,1-2H3,(H,16,20)(H,18,19). The minimum absolute atomic E-state index is 0.0757. The van der Waals surface area contributed by atoms with Crippen molar-refractivity contribution < 1.29 is 14.7 Å². The van der Waals surface area contributed by atoms with Crippen LogP contribution in [0.3, 0.4) is 0 Å². The third-order valence-corrected chi connectivity index (χ3v) is 3.72. The van der Waals surface area contributed by atoms with Crippen LogP contribution < -0.4 is 5.32 Å². The monoisotopic (exact) mass is 276 g/mol. The SMILES string of the molecule is CCC1CC1NC(=O)N(C)Cc1ccc(C(=O)O)cc1. The highest BCUT2D eigenvalue weighted by atomic mass is 16.4. The third kappa shape index (κ3) is 3.50. The van der Waals surface area contributed by atoms with Gasteiger partial charge in [0.1, 0.15) is 0 Å². The lowest BCUT2D eigenvalue weighted by Gasteiger charge is -2.18. The number of carbonyl (C=O) groups excluding carboxylic acids is 1. The van der Waals surface area contributed by atoms with Crippen molar-refractivity contribution in [2.75, 3.05) is 7.05 Å². The molecule has 2 atom stereocenters. The summed E-state index contributed by atoms with van der Waals surface area (Å²) < 4.78 is 0. The summed E-state index contributed by atoms with van der Waals surface area (Å²) >= 11 is 0. The van der Waals surface area contributed by atoms with E-state index in [1.807, 2.05) is 0 Å². The van der Waals surface area contributed by atoms with Gasteiger partial charge in [-0.1, -0.05) is 25.5 Å². The molecule has 1 fully saturated rings. The van der Waals surface area contributed by atoms with Crippen molar-refractivity contribution in [3.8, 4) is 0 Å². The van der Waals surface area contributed by atoms with Crippen LogP contribution in [0.1, 0.15) is 35.7 Å². The molecule has 1 aliphatic rings. The molecule has 20 heavy (non-hydrogen) atoms. The minimum Gasteiger partial charge on any atom is -0.478 e. The van der Waals surface area contributed by atoms with Crippen molar-refractivity contribution in [2.45, 2.75) is 32.4 Å². The van der Waals surface area contributed by atoms with Crippen LogP contribution in [0, 0.1) is 5.92 Å². The van der Waals surface area contributed by atoms with Gasteiger partial charge in [-0.2, -0.15) is 0 Å². The average molecular weight is 276 g/mol. The molecule has 108 valence electrons. The Morgan fingerprint density at radius 3 is 2.50 bits per heavy atom. The van der Waals surface area contributed by atoms with Crippen LogP contribution in [-0.2, 0) is 6.54 Å². The Kier molecular flexibility index (Phi) is 4.27. The van der Waals surface area contributed by atoms with Gasteiger partial charge in [0, 0.05) is 19.6 Å². The van der Waals surface area contributed by atoms with E-state index in [0.29, 0.717) is 18.5 Å². The Labute approximate surface area is 118 Å². The summed E-state index contributed by atoms with van der Waals surface area (Å²) in [6, 6.07) is 6.82. The lowest BCUT2D eigenvalue weighted by Crippen LogP contribution is -2.38. The van der Waals surface area contributed by atoms with Crippen LogP contribution in [0.5, 0.6) is 0 Å². The summed E-state index contributed by atoms with van der Waals surface area (Å²) in [5, 5.41) is 11.8. The number of hydrogen-bond donors (Lipinski definition) is 2. The Balaban J connectivity index is 1.85. The number of rotatable bonds is 5. The molecule has 1 aromatic rings. The molecule has 0 bridgehead atoms. The molecule has 0 spiro atoms. The second kappa shape index (κ2) is 5.94. The predicted octanol–water partition coefficient (Wildman–Crippen LogP) is 2.32. The number of benzene rings is 1. The smallest absolute Gasteiger partial charge is 0.335 e. The molecule has 0 aromatic heterocycles. The molecule has 1 aromatic carbocycles. The zero-order valence-electron chi connectivity index (χ0n) is 11.8. The van der Waals surface area contributed by atoms with Crippen LogP contribution >= 0.6 is 0 Å². The third-order valence-electron chi connectivity index (χ3n) is 3.72. The van der Waals surface area contributed by atoms with E-state index in [4.69, 9.17) is 5.11 Å². The van der Waals surface area contributed by atoms with Gasteiger partial charge in [-0.15, -0.1) is 0 Å². The van der Waals surface area contributed by atoms with Gasteiger partial charge in [-0.3, -0.25) is 0 Å². The first-order valence-corrected chi connectivity index (χ1v) is 6.85. The van der Waals surface area contributed by atoms with E-state index in [9.17, 15) is 9.59 Å². The van der Waals surface area contributed by atoms with E-state index in [2.05, 4.69) is 12.2 Å². The lowest BCUT2D eigenvalue weighted by atomic mass is 10.1. The summed E-state index contributed by atoms with van der Waals surface area (Å²) in [6.45, 7) is 2.60. The second-order valence-corrected chi connectivity index (χ2v) is 5.32. The molecule has 2 rings (SSSR count). The molecule has 2 amide bonds. The number of carbonyl (C=O) groups is 2. The number of hydrogen-bond acceptors (Lipinski definition) is 2. The van der Waals surface area contributed by atoms with Crippen molar-refractivity contribution in [1.82, 2.24) is 10.2 Å². The molecule has 0 saturated heterocycles. The Morgan fingerprint density at radius 1 is 1.35 bits per heavy atom. The summed E-state index contributed by atoms with van der Waals surface area (Å²) in [5.41, 5.74) is 1.17. The number of nitrogens with zero attached hydrogens (tertiary/aromatic N) is 1. The number of amides is 2. The molecule has 0 aliphatic heterocycles. The van der Waals surface area contributed by atoms with Crippen LogP contribution in [0.15, 0.2) is 24.3 Å². The maximum absolute atomic E-state index is 12.0. The van der Waals surface area contributed by atoms with Crippen molar-refractivity contribution >= 4 is 12.0 Å². The summed E-state index contributed by atoms with van der Waals surface area (Å²) in [6.07, 6.45) is 2.18. The first kappa shape index (κ1) is 14.4. The number of urea groups is 1. The molecular weight excluding hydrogens is 256 g/mol. The summed E-state index contributed by atoms with van der Waals surface area (Å²) in [4.78, 5) is 24.3. The van der Waals surface area contributed by atoms with E-state index >= 15 is 0 Å². The number of nitrogens with one attached hydrogen (secondary N) is 1. The maximum Gasteiger partial charge on any atom is 0.335 e. The lowest BCUT2D eigenvalue weighted by molar-refractivity contribution is 0.0697. The minimum atomic E-state index is -0.943. The molecule has 2 N–H and O–H groups in total. The van der Waals surface area contributed by atoms with Crippen LogP contribution in [0.4, 0.5) is 4.79 Å². The fourth-order valence-electron chi connectivity index (χ4n) is 2.24. The molecule has 0 radical (unpaired) electrons. The first-order chi connectivity index (χ1) is 9.51. The molecule has 1 saturated carbocycles. The molecular formula is C15H20N2O3. The molecule has 0 heterocycles. The van der Waals surface area contributed by atoms with Gasteiger partial charge in [0.2, 0.25) is 0 Å². The zero-order chi connectivity index (χ0) is 14.7.